The normalized spacial score (nSPS) is 12.0. The van der Waals surface area contributed by atoms with Gasteiger partial charge in [0.05, 0.1) is 17.3 Å². The SMILES string of the molecule is CNC(=O)C(C)CN(C)c1ccc(C)cc1N. The van der Waals surface area contributed by atoms with E-state index in [-0.39, 0.29) is 11.8 Å². The third-order valence-electron chi connectivity index (χ3n) is 2.84. The lowest BCUT2D eigenvalue weighted by Gasteiger charge is -2.24. The summed E-state index contributed by atoms with van der Waals surface area (Å²) in [5.41, 5.74) is 8.81. The smallest absolute Gasteiger partial charge is 0.224 e. The summed E-state index contributed by atoms with van der Waals surface area (Å²) in [6.07, 6.45) is 0. The van der Waals surface area contributed by atoms with E-state index >= 15 is 0 Å². The van der Waals surface area contributed by atoms with Gasteiger partial charge in [0.15, 0.2) is 0 Å². The Morgan fingerprint density at radius 2 is 2.18 bits per heavy atom. The summed E-state index contributed by atoms with van der Waals surface area (Å²) in [4.78, 5) is 13.5. The van der Waals surface area contributed by atoms with E-state index in [1.54, 1.807) is 7.05 Å². The molecule has 0 aliphatic heterocycles. The number of nitrogen functional groups attached to an aromatic ring is 1. The van der Waals surface area contributed by atoms with Crippen LogP contribution in [0.25, 0.3) is 0 Å². The Morgan fingerprint density at radius 1 is 1.53 bits per heavy atom. The number of benzene rings is 1. The Hall–Kier alpha value is -1.71. The summed E-state index contributed by atoms with van der Waals surface area (Å²) in [6.45, 7) is 4.56. The van der Waals surface area contributed by atoms with Crippen LogP contribution in [0.1, 0.15) is 12.5 Å². The van der Waals surface area contributed by atoms with Gasteiger partial charge in [0, 0.05) is 20.6 Å². The zero-order valence-electron chi connectivity index (χ0n) is 10.9. The monoisotopic (exact) mass is 235 g/mol. The molecule has 0 aliphatic carbocycles. The fourth-order valence-corrected chi connectivity index (χ4v) is 1.86. The second-order valence-electron chi connectivity index (χ2n) is 4.46. The first-order valence-electron chi connectivity index (χ1n) is 5.74. The molecule has 1 amide bonds. The molecule has 4 nitrogen and oxygen atoms in total. The quantitative estimate of drug-likeness (QED) is 0.775. The van der Waals surface area contributed by atoms with Crippen molar-refractivity contribution in [3.63, 3.8) is 0 Å². The van der Waals surface area contributed by atoms with Gasteiger partial charge in [-0.1, -0.05) is 13.0 Å². The summed E-state index contributed by atoms with van der Waals surface area (Å²) in [7, 11) is 3.60. The summed E-state index contributed by atoms with van der Waals surface area (Å²) >= 11 is 0. The number of hydrogen-bond donors (Lipinski definition) is 2. The number of carbonyl (C=O) groups is 1. The van der Waals surface area contributed by atoms with Crippen molar-refractivity contribution >= 4 is 17.3 Å². The van der Waals surface area contributed by atoms with Crippen molar-refractivity contribution in [3.05, 3.63) is 23.8 Å². The number of amides is 1. The van der Waals surface area contributed by atoms with Gasteiger partial charge in [0.1, 0.15) is 0 Å². The molecular weight excluding hydrogens is 214 g/mol. The van der Waals surface area contributed by atoms with Gasteiger partial charge >= 0.3 is 0 Å². The third-order valence-corrected chi connectivity index (χ3v) is 2.84. The van der Waals surface area contributed by atoms with Gasteiger partial charge in [0.2, 0.25) is 5.91 Å². The maximum atomic E-state index is 11.4. The van der Waals surface area contributed by atoms with E-state index in [2.05, 4.69) is 5.32 Å². The average molecular weight is 235 g/mol. The molecule has 0 spiro atoms. The van der Waals surface area contributed by atoms with Crippen molar-refractivity contribution in [1.29, 1.82) is 0 Å². The lowest BCUT2D eigenvalue weighted by molar-refractivity contribution is -0.123. The molecule has 94 valence electrons. The van der Waals surface area contributed by atoms with Crippen LogP contribution in [0.3, 0.4) is 0 Å². The zero-order chi connectivity index (χ0) is 13.0. The molecule has 3 N–H and O–H groups in total. The first-order chi connectivity index (χ1) is 7.95. The lowest BCUT2D eigenvalue weighted by Crippen LogP contribution is -2.34. The largest absolute Gasteiger partial charge is 0.397 e. The van der Waals surface area contributed by atoms with Crippen molar-refractivity contribution < 1.29 is 4.79 Å². The Labute approximate surface area is 103 Å². The van der Waals surface area contributed by atoms with Gasteiger partial charge in [-0.05, 0) is 24.6 Å². The van der Waals surface area contributed by atoms with Crippen molar-refractivity contribution in [2.75, 3.05) is 31.3 Å². The van der Waals surface area contributed by atoms with Gasteiger partial charge in [-0.15, -0.1) is 0 Å². The maximum Gasteiger partial charge on any atom is 0.224 e. The van der Waals surface area contributed by atoms with Crippen LogP contribution >= 0.6 is 0 Å². The molecule has 0 saturated heterocycles. The Bertz CT molecular complexity index is 404. The van der Waals surface area contributed by atoms with Gasteiger partial charge < -0.3 is 16.0 Å². The van der Waals surface area contributed by atoms with E-state index < -0.39 is 0 Å². The molecule has 0 bridgehead atoms. The summed E-state index contributed by atoms with van der Waals surface area (Å²) < 4.78 is 0. The van der Waals surface area contributed by atoms with Crippen molar-refractivity contribution in [2.24, 2.45) is 5.92 Å². The number of carbonyl (C=O) groups excluding carboxylic acids is 1. The Balaban J connectivity index is 2.76. The first-order valence-corrected chi connectivity index (χ1v) is 5.74. The van der Waals surface area contributed by atoms with E-state index in [1.807, 2.05) is 44.0 Å². The molecule has 1 unspecified atom stereocenters. The molecular formula is C13H21N3O. The molecule has 4 heteroatoms. The third kappa shape index (κ3) is 3.37. The standard InChI is InChI=1S/C13H21N3O/c1-9-5-6-12(11(14)7-9)16(4)8-10(2)13(17)15-3/h5-7,10H,8,14H2,1-4H3,(H,15,17). The topological polar surface area (TPSA) is 58.4 Å². The number of nitrogens with zero attached hydrogens (tertiary/aromatic N) is 1. The number of rotatable bonds is 4. The molecule has 0 aliphatic rings. The molecule has 1 aromatic rings. The number of hydrogen-bond acceptors (Lipinski definition) is 3. The van der Waals surface area contributed by atoms with E-state index in [4.69, 9.17) is 5.73 Å². The van der Waals surface area contributed by atoms with Crippen molar-refractivity contribution in [3.8, 4) is 0 Å². The van der Waals surface area contributed by atoms with Crippen LogP contribution in [-0.2, 0) is 4.79 Å². The minimum atomic E-state index is -0.0642. The highest BCUT2D eigenvalue weighted by molar-refractivity contribution is 5.79. The van der Waals surface area contributed by atoms with E-state index in [9.17, 15) is 4.79 Å². The highest BCUT2D eigenvalue weighted by Crippen LogP contribution is 2.23. The molecule has 0 radical (unpaired) electrons. The van der Waals surface area contributed by atoms with Crippen molar-refractivity contribution in [2.45, 2.75) is 13.8 Å². The second kappa shape index (κ2) is 5.57. The minimum absolute atomic E-state index is 0.0440. The maximum absolute atomic E-state index is 11.4. The van der Waals surface area contributed by atoms with Crippen LogP contribution in [0.15, 0.2) is 18.2 Å². The summed E-state index contributed by atoms with van der Waals surface area (Å²) in [5.74, 6) is -0.0202. The van der Waals surface area contributed by atoms with Crippen LogP contribution in [0, 0.1) is 12.8 Å². The van der Waals surface area contributed by atoms with Gasteiger partial charge in [-0.3, -0.25) is 4.79 Å². The second-order valence-corrected chi connectivity index (χ2v) is 4.46. The fraction of sp³-hybridized carbons (Fsp3) is 0.462. The molecule has 0 fully saturated rings. The fourth-order valence-electron chi connectivity index (χ4n) is 1.86. The first kappa shape index (κ1) is 13.4. The van der Waals surface area contributed by atoms with Gasteiger partial charge in [-0.2, -0.15) is 0 Å². The zero-order valence-corrected chi connectivity index (χ0v) is 10.9. The number of anilines is 2. The molecule has 1 rings (SSSR count). The summed E-state index contributed by atoms with van der Waals surface area (Å²) in [6, 6.07) is 5.95. The highest BCUT2D eigenvalue weighted by Gasteiger charge is 2.15. The molecule has 0 saturated carbocycles. The number of nitrogens with one attached hydrogen (secondary N) is 1. The van der Waals surface area contributed by atoms with Gasteiger partial charge in [0.25, 0.3) is 0 Å². The summed E-state index contributed by atoms with van der Waals surface area (Å²) in [5, 5.41) is 2.65. The highest BCUT2D eigenvalue weighted by atomic mass is 16.1. The molecule has 0 heterocycles. The van der Waals surface area contributed by atoms with Crippen LogP contribution in [0.4, 0.5) is 11.4 Å². The molecule has 17 heavy (non-hydrogen) atoms. The van der Waals surface area contributed by atoms with E-state index in [0.717, 1.165) is 16.9 Å². The number of aryl methyl sites for hydroxylation is 1. The predicted molar refractivity (Wildman–Crippen MR) is 72.1 cm³/mol. The van der Waals surface area contributed by atoms with Gasteiger partial charge in [-0.25, -0.2) is 0 Å². The average Bonchev–Trinajstić information content (AvgIpc) is 2.27. The Kier molecular flexibility index (Phi) is 4.37. The van der Waals surface area contributed by atoms with Crippen LogP contribution in [-0.4, -0.2) is 26.5 Å². The molecule has 1 aromatic carbocycles. The minimum Gasteiger partial charge on any atom is -0.397 e. The predicted octanol–water partition coefficient (Wildman–Crippen LogP) is 1.40. The molecule has 1 atom stereocenters. The molecule has 0 aromatic heterocycles. The number of nitrogens with two attached hydrogens (primary N) is 1. The van der Waals surface area contributed by atoms with E-state index in [1.165, 1.54) is 0 Å². The lowest BCUT2D eigenvalue weighted by atomic mass is 10.1. The van der Waals surface area contributed by atoms with Crippen molar-refractivity contribution in [1.82, 2.24) is 5.32 Å². The van der Waals surface area contributed by atoms with E-state index in [0.29, 0.717) is 6.54 Å². The van der Waals surface area contributed by atoms with Crippen LogP contribution in [0.2, 0.25) is 0 Å². The van der Waals surface area contributed by atoms with Crippen LogP contribution in [0.5, 0.6) is 0 Å². The Morgan fingerprint density at radius 3 is 2.71 bits per heavy atom. The van der Waals surface area contributed by atoms with Crippen LogP contribution < -0.4 is 16.0 Å².